The van der Waals surface area contributed by atoms with Gasteiger partial charge in [-0.05, 0) is 54.3 Å². The molecule has 0 bridgehead atoms. The Morgan fingerprint density at radius 1 is 1.52 bits per heavy atom. The minimum atomic E-state index is -0.0387. The lowest BCUT2D eigenvalue weighted by atomic mass is 10.0. The van der Waals surface area contributed by atoms with Crippen LogP contribution in [0.5, 0.6) is 0 Å². The van der Waals surface area contributed by atoms with E-state index in [4.69, 9.17) is 4.74 Å². The maximum absolute atomic E-state index is 13.0. The number of carbonyl (C=O) groups is 1. The van der Waals surface area contributed by atoms with Crippen LogP contribution >= 0.6 is 23.1 Å². The molecule has 0 saturated carbocycles. The van der Waals surface area contributed by atoms with Gasteiger partial charge < -0.3 is 9.64 Å². The summed E-state index contributed by atoms with van der Waals surface area (Å²) in [6.45, 7) is 3.67. The van der Waals surface area contributed by atoms with Gasteiger partial charge in [-0.15, -0.1) is 0 Å². The van der Waals surface area contributed by atoms with Crippen molar-refractivity contribution in [2.75, 3.05) is 24.7 Å². The average Bonchev–Trinajstić information content (AvgIpc) is 3.26. The number of thioether (sulfide) groups is 1. The molecular formula is C16H23NO2S2. The fourth-order valence-corrected chi connectivity index (χ4v) is 5.09. The van der Waals surface area contributed by atoms with Crippen molar-refractivity contribution in [1.82, 2.24) is 4.90 Å². The van der Waals surface area contributed by atoms with Gasteiger partial charge in [0.25, 0.3) is 0 Å². The second-order valence-electron chi connectivity index (χ2n) is 5.92. The molecule has 2 aliphatic heterocycles. The van der Waals surface area contributed by atoms with Gasteiger partial charge in [0.2, 0.25) is 5.91 Å². The summed E-state index contributed by atoms with van der Waals surface area (Å²) in [5, 5.41) is 4.14. The molecular weight excluding hydrogens is 302 g/mol. The molecule has 1 aromatic rings. The molecule has 3 rings (SSSR count). The van der Waals surface area contributed by atoms with Crippen molar-refractivity contribution in [3.8, 4) is 0 Å². The van der Waals surface area contributed by atoms with E-state index in [1.165, 1.54) is 5.75 Å². The van der Waals surface area contributed by atoms with Crippen molar-refractivity contribution < 1.29 is 9.53 Å². The highest BCUT2D eigenvalue weighted by atomic mass is 32.2. The smallest absolute Gasteiger partial charge is 0.230 e. The Labute approximate surface area is 135 Å². The molecule has 116 valence electrons. The highest BCUT2D eigenvalue weighted by Crippen LogP contribution is 2.28. The average molecular weight is 325 g/mol. The quantitative estimate of drug-likeness (QED) is 0.831. The first-order valence-electron chi connectivity index (χ1n) is 7.77. The van der Waals surface area contributed by atoms with Crippen molar-refractivity contribution >= 4 is 29.0 Å². The van der Waals surface area contributed by atoms with E-state index in [2.05, 4.69) is 21.7 Å². The van der Waals surface area contributed by atoms with Gasteiger partial charge in [0.1, 0.15) is 0 Å². The largest absolute Gasteiger partial charge is 0.376 e. The molecule has 2 fully saturated rings. The number of thiophene rings is 1. The number of nitrogens with zero attached hydrogens (tertiary/aromatic N) is 1. The summed E-state index contributed by atoms with van der Waals surface area (Å²) in [5.41, 5.74) is 1.15. The molecule has 2 saturated heterocycles. The van der Waals surface area contributed by atoms with Gasteiger partial charge in [0.05, 0.1) is 12.0 Å². The number of carbonyl (C=O) groups excluding carboxylic acids is 1. The third kappa shape index (κ3) is 3.63. The van der Waals surface area contributed by atoms with Gasteiger partial charge in [-0.25, -0.2) is 0 Å². The van der Waals surface area contributed by atoms with Gasteiger partial charge >= 0.3 is 0 Å². The van der Waals surface area contributed by atoms with E-state index in [1.807, 2.05) is 18.7 Å². The summed E-state index contributed by atoms with van der Waals surface area (Å²) in [6, 6.07) is 2.47. The molecule has 0 N–H and O–H groups in total. The lowest BCUT2D eigenvalue weighted by Gasteiger charge is -2.32. The number of rotatable bonds is 5. The monoisotopic (exact) mass is 325 g/mol. The van der Waals surface area contributed by atoms with Crippen LogP contribution in [-0.4, -0.2) is 47.6 Å². The minimum absolute atomic E-state index is 0.0387. The normalized spacial score (nSPS) is 26.9. The lowest BCUT2D eigenvalue weighted by molar-refractivity contribution is -0.136. The van der Waals surface area contributed by atoms with Crippen molar-refractivity contribution in [3.63, 3.8) is 0 Å². The summed E-state index contributed by atoms with van der Waals surface area (Å²) in [4.78, 5) is 15.1. The molecule has 2 aliphatic rings. The number of hydrogen-bond acceptors (Lipinski definition) is 4. The van der Waals surface area contributed by atoms with Crippen LogP contribution in [-0.2, 0) is 9.53 Å². The first-order valence-corrected chi connectivity index (χ1v) is 9.87. The zero-order valence-electron chi connectivity index (χ0n) is 12.5. The van der Waals surface area contributed by atoms with Crippen LogP contribution in [0.2, 0.25) is 0 Å². The molecule has 1 amide bonds. The van der Waals surface area contributed by atoms with E-state index in [1.54, 1.807) is 11.3 Å². The van der Waals surface area contributed by atoms with Gasteiger partial charge in [-0.2, -0.15) is 23.1 Å². The van der Waals surface area contributed by atoms with Gasteiger partial charge in [0, 0.05) is 24.9 Å². The molecule has 0 aliphatic carbocycles. The summed E-state index contributed by atoms with van der Waals surface area (Å²) in [6.07, 6.45) is 3.59. The van der Waals surface area contributed by atoms with Crippen LogP contribution < -0.4 is 0 Å². The van der Waals surface area contributed by atoms with Crippen LogP contribution in [0, 0.1) is 0 Å². The molecule has 0 radical (unpaired) electrons. The van der Waals surface area contributed by atoms with E-state index in [0.717, 1.165) is 43.7 Å². The fraction of sp³-hybridized carbons (Fsp3) is 0.688. The van der Waals surface area contributed by atoms with E-state index >= 15 is 0 Å². The van der Waals surface area contributed by atoms with Crippen LogP contribution in [0.3, 0.4) is 0 Å². The standard InChI is InChI=1S/C16H23NO2S2/c1-12(13-4-7-20-10-13)16(18)17(14-5-8-21-11-14)9-15-3-2-6-19-15/h4,7,10,12,14-15H,2-3,5-6,8-9,11H2,1H3/t12-,14-,15+/m0/s1. The van der Waals surface area contributed by atoms with Crippen molar-refractivity contribution in [1.29, 1.82) is 0 Å². The summed E-state index contributed by atoms with van der Waals surface area (Å²) in [5.74, 6) is 2.49. The summed E-state index contributed by atoms with van der Waals surface area (Å²) < 4.78 is 5.76. The maximum Gasteiger partial charge on any atom is 0.230 e. The molecule has 3 atom stereocenters. The first-order chi connectivity index (χ1) is 10.3. The third-order valence-corrected chi connectivity index (χ3v) is 6.31. The van der Waals surface area contributed by atoms with E-state index in [-0.39, 0.29) is 17.9 Å². The predicted octanol–water partition coefficient (Wildman–Crippen LogP) is 3.36. The zero-order valence-corrected chi connectivity index (χ0v) is 14.1. The van der Waals surface area contributed by atoms with Crippen molar-refractivity contribution in [2.24, 2.45) is 0 Å². The van der Waals surface area contributed by atoms with Crippen LogP contribution in [0.15, 0.2) is 16.8 Å². The lowest BCUT2D eigenvalue weighted by Crippen LogP contribution is -2.46. The molecule has 0 unspecified atom stereocenters. The van der Waals surface area contributed by atoms with Gasteiger partial charge in [-0.1, -0.05) is 0 Å². The Morgan fingerprint density at radius 3 is 3.05 bits per heavy atom. The van der Waals surface area contributed by atoms with Crippen molar-refractivity contribution in [3.05, 3.63) is 22.4 Å². The third-order valence-electron chi connectivity index (χ3n) is 4.47. The molecule has 21 heavy (non-hydrogen) atoms. The molecule has 5 heteroatoms. The topological polar surface area (TPSA) is 29.5 Å². The zero-order chi connectivity index (χ0) is 14.7. The summed E-state index contributed by atoms with van der Waals surface area (Å²) in [7, 11) is 0. The summed E-state index contributed by atoms with van der Waals surface area (Å²) >= 11 is 3.63. The second kappa shape index (κ2) is 7.16. The number of amides is 1. The fourth-order valence-electron chi connectivity index (χ4n) is 3.11. The Kier molecular flexibility index (Phi) is 5.24. The SMILES string of the molecule is C[C@H](C(=O)N(C[C@H]1CCCO1)[C@H]1CCSC1)c1ccsc1. The Balaban J connectivity index is 1.71. The number of ether oxygens (including phenoxy) is 1. The van der Waals surface area contributed by atoms with E-state index < -0.39 is 0 Å². The van der Waals surface area contributed by atoms with Gasteiger partial charge in [-0.3, -0.25) is 4.79 Å². The molecule has 3 nitrogen and oxygen atoms in total. The van der Waals surface area contributed by atoms with Crippen molar-refractivity contribution in [2.45, 2.75) is 44.2 Å². The Bertz CT molecular complexity index is 451. The van der Waals surface area contributed by atoms with Crippen LogP contribution in [0.1, 0.15) is 37.7 Å². The van der Waals surface area contributed by atoms with E-state index in [0.29, 0.717) is 6.04 Å². The number of hydrogen-bond donors (Lipinski definition) is 0. The Hall–Kier alpha value is -0.520. The van der Waals surface area contributed by atoms with Crippen LogP contribution in [0.4, 0.5) is 0 Å². The van der Waals surface area contributed by atoms with E-state index in [9.17, 15) is 4.79 Å². The first kappa shape index (κ1) is 15.4. The highest BCUT2D eigenvalue weighted by Gasteiger charge is 2.33. The Morgan fingerprint density at radius 2 is 2.43 bits per heavy atom. The second-order valence-corrected chi connectivity index (χ2v) is 7.85. The molecule has 0 spiro atoms. The molecule has 1 aromatic heterocycles. The highest BCUT2D eigenvalue weighted by molar-refractivity contribution is 7.99. The minimum Gasteiger partial charge on any atom is -0.376 e. The molecule has 0 aromatic carbocycles. The predicted molar refractivity (Wildman–Crippen MR) is 89.2 cm³/mol. The maximum atomic E-state index is 13.0. The molecule has 3 heterocycles. The van der Waals surface area contributed by atoms with Gasteiger partial charge in [0.15, 0.2) is 0 Å². The van der Waals surface area contributed by atoms with Crippen LogP contribution in [0.25, 0.3) is 0 Å².